The highest BCUT2D eigenvalue weighted by atomic mass is 16.5. The van der Waals surface area contributed by atoms with Crippen LogP contribution in [0.15, 0.2) is 0 Å². The van der Waals surface area contributed by atoms with Crippen molar-refractivity contribution in [3.8, 4) is 0 Å². The van der Waals surface area contributed by atoms with Gasteiger partial charge in [0.1, 0.15) is 0 Å². The van der Waals surface area contributed by atoms with Crippen LogP contribution in [0.2, 0.25) is 0 Å². The van der Waals surface area contributed by atoms with E-state index in [9.17, 15) is 9.90 Å². The molecule has 0 heterocycles. The molecule has 0 aromatic carbocycles. The normalized spacial score (nSPS) is 13.7. The predicted molar refractivity (Wildman–Crippen MR) is 74.3 cm³/mol. The maximum Gasteiger partial charge on any atom is 0.305 e. The van der Waals surface area contributed by atoms with E-state index in [2.05, 4.69) is 6.92 Å². The number of rotatable bonds is 9. The molecule has 0 spiro atoms. The quantitative estimate of drug-likeness (QED) is 0.508. The number of aliphatic hydroxyl groups excluding tert-OH is 1. The van der Waals surface area contributed by atoms with Gasteiger partial charge < -0.3 is 9.84 Å². The van der Waals surface area contributed by atoms with E-state index in [1.807, 2.05) is 27.7 Å². The molecule has 0 amide bonds. The maximum atomic E-state index is 11.5. The summed E-state index contributed by atoms with van der Waals surface area (Å²) in [6.07, 6.45) is 4.37. The van der Waals surface area contributed by atoms with Gasteiger partial charge in [-0.2, -0.15) is 0 Å². The third kappa shape index (κ3) is 7.00. The first-order chi connectivity index (χ1) is 8.31. The summed E-state index contributed by atoms with van der Waals surface area (Å²) in [4.78, 5) is 11.5. The van der Waals surface area contributed by atoms with Crippen LogP contribution in [0.1, 0.15) is 66.7 Å². The lowest BCUT2D eigenvalue weighted by molar-refractivity contribution is -0.150. The first kappa shape index (κ1) is 17.4. The molecule has 108 valence electrons. The van der Waals surface area contributed by atoms with Crippen LogP contribution in [0.25, 0.3) is 0 Å². The zero-order valence-electron chi connectivity index (χ0n) is 12.7. The van der Waals surface area contributed by atoms with Crippen molar-refractivity contribution < 1.29 is 14.6 Å². The Morgan fingerprint density at radius 1 is 1.22 bits per heavy atom. The monoisotopic (exact) mass is 258 g/mol. The Morgan fingerprint density at radius 3 is 2.33 bits per heavy atom. The van der Waals surface area contributed by atoms with Gasteiger partial charge in [-0.05, 0) is 12.3 Å². The molecule has 0 aromatic rings. The molecule has 3 heteroatoms. The minimum atomic E-state index is -0.453. The lowest BCUT2D eigenvalue weighted by Crippen LogP contribution is -2.38. The minimum absolute atomic E-state index is 0.143. The topological polar surface area (TPSA) is 46.5 Å². The second kappa shape index (κ2) is 8.52. The van der Waals surface area contributed by atoms with Gasteiger partial charge in [0.2, 0.25) is 0 Å². The fourth-order valence-electron chi connectivity index (χ4n) is 2.02. The van der Waals surface area contributed by atoms with E-state index in [0.29, 0.717) is 13.0 Å². The van der Waals surface area contributed by atoms with Crippen molar-refractivity contribution in [1.29, 1.82) is 0 Å². The average molecular weight is 258 g/mol. The molecule has 3 nitrogen and oxygen atoms in total. The molecule has 18 heavy (non-hydrogen) atoms. The lowest BCUT2D eigenvalue weighted by Gasteiger charge is -2.32. The minimum Gasteiger partial charge on any atom is -0.465 e. The van der Waals surface area contributed by atoms with Crippen LogP contribution in [-0.4, -0.2) is 23.8 Å². The van der Waals surface area contributed by atoms with E-state index in [4.69, 9.17) is 4.74 Å². The first-order valence-corrected chi connectivity index (χ1v) is 7.15. The van der Waals surface area contributed by atoms with Gasteiger partial charge in [0.05, 0.1) is 12.7 Å². The standard InChI is InChI=1S/C15H30O3/c1-6-7-8-9-10-13(16)18-11-15(4,5)14(17)12(2)3/h12,14,17H,6-11H2,1-5H3. The lowest BCUT2D eigenvalue weighted by atomic mass is 9.81. The maximum absolute atomic E-state index is 11.5. The summed E-state index contributed by atoms with van der Waals surface area (Å²) < 4.78 is 5.26. The van der Waals surface area contributed by atoms with E-state index in [0.717, 1.165) is 12.8 Å². The van der Waals surface area contributed by atoms with Crippen LogP contribution >= 0.6 is 0 Å². The van der Waals surface area contributed by atoms with Crippen molar-refractivity contribution in [3.63, 3.8) is 0 Å². The average Bonchev–Trinajstić information content (AvgIpc) is 2.31. The Bertz CT molecular complexity index is 234. The SMILES string of the molecule is CCCCCCC(=O)OCC(C)(C)C(O)C(C)C. The van der Waals surface area contributed by atoms with Gasteiger partial charge in [0.25, 0.3) is 0 Å². The van der Waals surface area contributed by atoms with Crippen molar-refractivity contribution >= 4 is 5.97 Å². The second-order valence-electron chi connectivity index (χ2n) is 6.15. The van der Waals surface area contributed by atoms with E-state index in [-0.39, 0.29) is 17.3 Å². The zero-order chi connectivity index (χ0) is 14.2. The number of esters is 1. The number of aliphatic hydroxyl groups is 1. The Morgan fingerprint density at radius 2 is 1.83 bits per heavy atom. The van der Waals surface area contributed by atoms with Crippen LogP contribution in [0.3, 0.4) is 0 Å². The molecule has 0 aromatic heterocycles. The Hall–Kier alpha value is -0.570. The number of unbranched alkanes of at least 4 members (excludes halogenated alkanes) is 3. The van der Waals surface area contributed by atoms with E-state index in [1.165, 1.54) is 12.8 Å². The van der Waals surface area contributed by atoms with E-state index < -0.39 is 6.10 Å². The van der Waals surface area contributed by atoms with Crippen molar-refractivity contribution in [1.82, 2.24) is 0 Å². The van der Waals surface area contributed by atoms with Gasteiger partial charge in [-0.1, -0.05) is 53.9 Å². The fourth-order valence-corrected chi connectivity index (χ4v) is 2.02. The summed E-state index contributed by atoms with van der Waals surface area (Å²) in [5, 5.41) is 10.0. The third-order valence-corrected chi connectivity index (χ3v) is 3.27. The van der Waals surface area contributed by atoms with Gasteiger partial charge >= 0.3 is 5.97 Å². The van der Waals surface area contributed by atoms with Gasteiger partial charge in [-0.15, -0.1) is 0 Å². The largest absolute Gasteiger partial charge is 0.465 e. The molecule has 0 bridgehead atoms. The summed E-state index contributed by atoms with van der Waals surface area (Å²) in [5.41, 5.74) is -0.382. The summed E-state index contributed by atoms with van der Waals surface area (Å²) in [6, 6.07) is 0. The van der Waals surface area contributed by atoms with Crippen molar-refractivity contribution in [2.45, 2.75) is 72.8 Å². The van der Waals surface area contributed by atoms with Crippen LogP contribution < -0.4 is 0 Å². The van der Waals surface area contributed by atoms with Crippen LogP contribution in [0.4, 0.5) is 0 Å². The molecular weight excluding hydrogens is 228 g/mol. The van der Waals surface area contributed by atoms with Crippen LogP contribution in [0.5, 0.6) is 0 Å². The highest BCUT2D eigenvalue weighted by Gasteiger charge is 2.31. The van der Waals surface area contributed by atoms with Crippen molar-refractivity contribution in [3.05, 3.63) is 0 Å². The van der Waals surface area contributed by atoms with Crippen molar-refractivity contribution in [2.24, 2.45) is 11.3 Å². The number of hydrogen-bond acceptors (Lipinski definition) is 3. The Balaban J connectivity index is 3.89. The molecule has 0 saturated heterocycles. The molecule has 1 atom stereocenters. The fraction of sp³-hybridized carbons (Fsp3) is 0.933. The molecule has 0 radical (unpaired) electrons. The van der Waals surface area contributed by atoms with Crippen molar-refractivity contribution in [2.75, 3.05) is 6.61 Å². The smallest absolute Gasteiger partial charge is 0.305 e. The number of ether oxygens (including phenoxy) is 1. The molecule has 0 rings (SSSR count). The zero-order valence-corrected chi connectivity index (χ0v) is 12.7. The summed E-state index contributed by atoms with van der Waals surface area (Å²) >= 11 is 0. The molecule has 0 aliphatic heterocycles. The summed E-state index contributed by atoms with van der Waals surface area (Å²) in [5.74, 6) is 0.0263. The van der Waals surface area contributed by atoms with E-state index >= 15 is 0 Å². The predicted octanol–water partition coefficient (Wildman–Crippen LogP) is 3.54. The third-order valence-electron chi connectivity index (χ3n) is 3.27. The molecule has 0 aliphatic carbocycles. The van der Waals surface area contributed by atoms with Gasteiger partial charge in [0.15, 0.2) is 0 Å². The Labute approximate surface area is 112 Å². The van der Waals surface area contributed by atoms with Crippen LogP contribution in [0, 0.1) is 11.3 Å². The van der Waals surface area contributed by atoms with Gasteiger partial charge in [-0.25, -0.2) is 0 Å². The second-order valence-corrected chi connectivity index (χ2v) is 6.15. The van der Waals surface area contributed by atoms with E-state index in [1.54, 1.807) is 0 Å². The molecule has 0 aliphatic rings. The van der Waals surface area contributed by atoms with Gasteiger partial charge in [-0.3, -0.25) is 4.79 Å². The summed E-state index contributed by atoms with van der Waals surface area (Å²) in [6.45, 7) is 10.2. The summed E-state index contributed by atoms with van der Waals surface area (Å²) in [7, 11) is 0. The molecule has 0 saturated carbocycles. The highest BCUT2D eigenvalue weighted by molar-refractivity contribution is 5.69. The molecule has 1 N–H and O–H groups in total. The molecule has 1 unspecified atom stereocenters. The van der Waals surface area contributed by atoms with Crippen LogP contribution in [-0.2, 0) is 9.53 Å². The number of hydrogen-bond donors (Lipinski definition) is 1. The molecule has 0 fully saturated rings. The Kier molecular flexibility index (Phi) is 8.25. The number of carbonyl (C=O) groups is 1. The first-order valence-electron chi connectivity index (χ1n) is 7.15. The molecular formula is C15H30O3. The highest BCUT2D eigenvalue weighted by Crippen LogP contribution is 2.26. The number of carbonyl (C=O) groups excluding carboxylic acids is 1. The van der Waals surface area contributed by atoms with Gasteiger partial charge in [0, 0.05) is 11.8 Å².